The molecule has 39 heavy (non-hydrogen) atoms. The van der Waals surface area contributed by atoms with Gasteiger partial charge in [0.2, 0.25) is 5.91 Å². The lowest BCUT2D eigenvalue weighted by atomic mass is 9.93. The number of alkyl halides is 3. The molecule has 0 unspecified atom stereocenters. The molecule has 2 aromatic carbocycles. The average Bonchev–Trinajstić information content (AvgIpc) is 2.94. The standard InChI is InChI=1S/C30H21F3N4O2/c31-30(32,33)27-14-24(18-38)21(7-6-19-12-23(29(35)39)17-36-16-19)13-22(27)8-9-28-26(15-34)25(10-11-37-28)20-4-2-1-3-5-20/h1-5,8-14,16-18H,6-7H2,(H2,35,39). The van der Waals surface area contributed by atoms with Gasteiger partial charge in [0.25, 0.3) is 0 Å². The Morgan fingerprint density at radius 3 is 2.44 bits per heavy atom. The zero-order valence-corrected chi connectivity index (χ0v) is 20.4. The van der Waals surface area contributed by atoms with Crippen LogP contribution in [0.3, 0.4) is 0 Å². The Bertz CT molecular complexity index is 1610. The van der Waals surface area contributed by atoms with E-state index in [0.29, 0.717) is 29.4 Å². The Hall–Kier alpha value is -5.10. The number of nitrogens with two attached hydrogens (primary N) is 1. The van der Waals surface area contributed by atoms with E-state index in [4.69, 9.17) is 5.73 Å². The maximum atomic E-state index is 14.0. The van der Waals surface area contributed by atoms with Gasteiger partial charge in [0.15, 0.2) is 0 Å². The lowest BCUT2D eigenvalue weighted by Gasteiger charge is -2.15. The summed E-state index contributed by atoms with van der Waals surface area (Å²) in [7, 11) is 0. The van der Waals surface area contributed by atoms with Gasteiger partial charge in [0.1, 0.15) is 12.4 Å². The first-order valence-electron chi connectivity index (χ1n) is 11.8. The van der Waals surface area contributed by atoms with Gasteiger partial charge in [0.05, 0.1) is 22.4 Å². The Morgan fingerprint density at radius 1 is 1.00 bits per heavy atom. The number of aldehydes is 1. The number of carbonyl (C=O) groups is 2. The summed E-state index contributed by atoms with van der Waals surface area (Å²) in [6.45, 7) is 0. The van der Waals surface area contributed by atoms with Gasteiger partial charge >= 0.3 is 6.18 Å². The van der Waals surface area contributed by atoms with Crippen molar-refractivity contribution in [2.75, 3.05) is 0 Å². The highest BCUT2D eigenvalue weighted by molar-refractivity contribution is 5.92. The van der Waals surface area contributed by atoms with Crippen molar-refractivity contribution in [2.45, 2.75) is 19.0 Å². The van der Waals surface area contributed by atoms with Crippen LogP contribution in [0, 0.1) is 11.3 Å². The second-order valence-electron chi connectivity index (χ2n) is 8.63. The SMILES string of the molecule is N#Cc1c(-c2ccccc2)ccnc1C=Cc1cc(CCc2cncc(C(N)=O)c2)c(C=O)cc1C(F)(F)F. The topological polar surface area (TPSA) is 110 Å². The summed E-state index contributed by atoms with van der Waals surface area (Å²) in [6, 6.07) is 16.6. The fourth-order valence-corrected chi connectivity index (χ4v) is 4.18. The number of rotatable bonds is 8. The fraction of sp³-hybridized carbons (Fsp3) is 0.100. The van der Waals surface area contributed by atoms with Gasteiger partial charge in [-0.15, -0.1) is 0 Å². The van der Waals surface area contributed by atoms with Gasteiger partial charge in [-0.05, 0) is 59.4 Å². The van der Waals surface area contributed by atoms with Crippen LogP contribution in [0.15, 0.2) is 73.2 Å². The van der Waals surface area contributed by atoms with Crippen LogP contribution in [0.1, 0.15) is 54.2 Å². The van der Waals surface area contributed by atoms with Gasteiger partial charge in [-0.25, -0.2) is 0 Å². The van der Waals surface area contributed by atoms with Gasteiger partial charge in [0, 0.05) is 29.7 Å². The van der Waals surface area contributed by atoms with Crippen molar-refractivity contribution < 1.29 is 22.8 Å². The van der Waals surface area contributed by atoms with E-state index in [1.54, 1.807) is 12.1 Å². The van der Waals surface area contributed by atoms with Crippen molar-refractivity contribution in [1.82, 2.24) is 9.97 Å². The van der Waals surface area contributed by atoms with E-state index in [9.17, 15) is 28.0 Å². The average molecular weight is 527 g/mol. The van der Waals surface area contributed by atoms with E-state index in [-0.39, 0.29) is 34.4 Å². The van der Waals surface area contributed by atoms with E-state index >= 15 is 0 Å². The van der Waals surface area contributed by atoms with E-state index in [1.165, 1.54) is 36.8 Å². The minimum Gasteiger partial charge on any atom is -0.366 e. The van der Waals surface area contributed by atoms with Crippen molar-refractivity contribution in [3.8, 4) is 17.2 Å². The van der Waals surface area contributed by atoms with Crippen molar-refractivity contribution in [3.05, 3.63) is 118 Å². The van der Waals surface area contributed by atoms with Crippen molar-refractivity contribution in [2.24, 2.45) is 5.73 Å². The molecule has 0 bridgehead atoms. The Balaban J connectivity index is 1.74. The molecular formula is C30H21F3N4O2. The zero-order valence-electron chi connectivity index (χ0n) is 20.4. The molecule has 0 fully saturated rings. The maximum Gasteiger partial charge on any atom is 0.417 e. The van der Waals surface area contributed by atoms with E-state index in [1.807, 2.05) is 30.3 Å². The number of hydrogen-bond acceptors (Lipinski definition) is 5. The highest BCUT2D eigenvalue weighted by atomic mass is 19.4. The number of carbonyl (C=O) groups excluding carboxylic acids is 2. The second-order valence-corrected chi connectivity index (χ2v) is 8.63. The van der Waals surface area contributed by atoms with Crippen molar-refractivity contribution >= 4 is 24.3 Å². The van der Waals surface area contributed by atoms with E-state index < -0.39 is 17.6 Å². The highest BCUT2D eigenvalue weighted by Crippen LogP contribution is 2.35. The number of benzene rings is 2. The van der Waals surface area contributed by atoms with Crippen molar-refractivity contribution in [3.63, 3.8) is 0 Å². The molecule has 2 aromatic heterocycles. The predicted molar refractivity (Wildman–Crippen MR) is 140 cm³/mol. The van der Waals surface area contributed by atoms with Crippen LogP contribution in [0.4, 0.5) is 13.2 Å². The largest absolute Gasteiger partial charge is 0.417 e. The summed E-state index contributed by atoms with van der Waals surface area (Å²) >= 11 is 0. The van der Waals surface area contributed by atoms with Crippen LogP contribution in [0.25, 0.3) is 23.3 Å². The Morgan fingerprint density at radius 2 is 1.77 bits per heavy atom. The summed E-state index contributed by atoms with van der Waals surface area (Å²) < 4.78 is 41.9. The van der Waals surface area contributed by atoms with Crippen LogP contribution in [-0.4, -0.2) is 22.2 Å². The third-order valence-corrected chi connectivity index (χ3v) is 6.10. The smallest absolute Gasteiger partial charge is 0.366 e. The zero-order chi connectivity index (χ0) is 28.0. The number of halogens is 3. The van der Waals surface area contributed by atoms with Crippen LogP contribution in [-0.2, 0) is 19.0 Å². The summed E-state index contributed by atoms with van der Waals surface area (Å²) in [6.07, 6.45) is 3.11. The van der Waals surface area contributed by atoms with Crippen molar-refractivity contribution in [1.29, 1.82) is 5.26 Å². The lowest BCUT2D eigenvalue weighted by Crippen LogP contribution is -2.12. The number of hydrogen-bond donors (Lipinski definition) is 1. The lowest BCUT2D eigenvalue weighted by molar-refractivity contribution is -0.137. The second kappa shape index (κ2) is 11.5. The molecule has 0 saturated heterocycles. The number of nitriles is 1. The number of aryl methyl sites for hydroxylation is 2. The molecule has 0 aliphatic rings. The van der Waals surface area contributed by atoms with E-state index in [0.717, 1.165) is 11.6 Å². The maximum absolute atomic E-state index is 14.0. The Kier molecular flexibility index (Phi) is 7.96. The molecular weight excluding hydrogens is 505 g/mol. The fourth-order valence-electron chi connectivity index (χ4n) is 4.18. The minimum atomic E-state index is -4.73. The first kappa shape index (κ1) is 26.9. The van der Waals surface area contributed by atoms with Gasteiger partial charge < -0.3 is 5.73 Å². The molecule has 0 aliphatic carbocycles. The number of nitrogens with zero attached hydrogens (tertiary/aromatic N) is 3. The van der Waals surface area contributed by atoms with Crippen LogP contribution in [0.5, 0.6) is 0 Å². The molecule has 194 valence electrons. The molecule has 0 spiro atoms. The molecule has 4 rings (SSSR count). The third kappa shape index (κ3) is 6.25. The molecule has 0 atom stereocenters. The third-order valence-electron chi connectivity index (χ3n) is 6.10. The number of aromatic nitrogens is 2. The van der Waals surface area contributed by atoms with Gasteiger partial charge in [-0.2, -0.15) is 18.4 Å². The number of amides is 1. The van der Waals surface area contributed by atoms with Crippen LogP contribution in [0.2, 0.25) is 0 Å². The Labute approximate surface area is 222 Å². The normalized spacial score (nSPS) is 11.3. The van der Waals surface area contributed by atoms with Gasteiger partial charge in [-0.1, -0.05) is 42.5 Å². The van der Waals surface area contributed by atoms with Gasteiger partial charge in [-0.3, -0.25) is 19.6 Å². The van der Waals surface area contributed by atoms with E-state index in [2.05, 4.69) is 16.0 Å². The van der Waals surface area contributed by atoms with Crippen LogP contribution >= 0.6 is 0 Å². The summed E-state index contributed by atoms with van der Waals surface area (Å²) in [5.41, 5.74) is 7.07. The number of pyridine rings is 2. The highest BCUT2D eigenvalue weighted by Gasteiger charge is 2.33. The predicted octanol–water partition coefficient (Wildman–Crippen LogP) is 5.90. The molecule has 0 aliphatic heterocycles. The molecule has 2 heterocycles. The summed E-state index contributed by atoms with van der Waals surface area (Å²) in [5, 5.41) is 9.81. The molecule has 1 amide bonds. The molecule has 0 radical (unpaired) electrons. The molecule has 6 nitrogen and oxygen atoms in total. The quantitative estimate of drug-likeness (QED) is 0.288. The summed E-state index contributed by atoms with van der Waals surface area (Å²) in [4.78, 5) is 31.3. The summed E-state index contributed by atoms with van der Waals surface area (Å²) in [5.74, 6) is -0.651. The molecule has 2 N–H and O–H groups in total. The first-order valence-corrected chi connectivity index (χ1v) is 11.8. The number of primary amides is 1. The molecule has 4 aromatic rings. The first-order chi connectivity index (χ1) is 18.7. The van der Waals surface area contributed by atoms with Crippen LogP contribution < -0.4 is 5.73 Å². The molecule has 9 heteroatoms. The minimum absolute atomic E-state index is 0.0968. The molecule has 0 saturated carbocycles. The monoisotopic (exact) mass is 526 g/mol.